The Labute approximate surface area is 131 Å². The molecule has 1 unspecified atom stereocenters. The lowest BCUT2D eigenvalue weighted by atomic mass is 9.83. The summed E-state index contributed by atoms with van der Waals surface area (Å²) in [5.41, 5.74) is 1.62. The van der Waals surface area contributed by atoms with Crippen molar-refractivity contribution in [3.05, 3.63) is 35.6 Å². The van der Waals surface area contributed by atoms with E-state index in [4.69, 9.17) is 9.15 Å². The monoisotopic (exact) mass is 301 g/mol. The molecule has 118 valence electrons. The molecular formula is C18H23NO3. The lowest BCUT2D eigenvalue weighted by Gasteiger charge is -2.26. The van der Waals surface area contributed by atoms with Crippen LogP contribution in [0.2, 0.25) is 0 Å². The summed E-state index contributed by atoms with van der Waals surface area (Å²) in [6.07, 6.45) is 5.46. The maximum absolute atomic E-state index is 10.7. The number of hydrogen-bond acceptors (Lipinski definition) is 4. The van der Waals surface area contributed by atoms with Crippen molar-refractivity contribution >= 4 is 0 Å². The van der Waals surface area contributed by atoms with Crippen molar-refractivity contribution in [1.29, 1.82) is 0 Å². The second kappa shape index (κ2) is 6.53. The number of aromatic nitrogens is 1. The van der Waals surface area contributed by atoms with Crippen molar-refractivity contribution < 1.29 is 14.3 Å². The number of ether oxygens (including phenoxy) is 1. The number of aryl methyl sites for hydroxylation is 1. The van der Waals surface area contributed by atoms with E-state index in [1.54, 1.807) is 13.2 Å². The van der Waals surface area contributed by atoms with Gasteiger partial charge in [-0.05, 0) is 37.8 Å². The molecule has 2 aromatic heterocycles. The van der Waals surface area contributed by atoms with E-state index < -0.39 is 6.10 Å². The largest absolute Gasteiger partial charge is 0.481 e. The van der Waals surface area contributed by atoms with E-state index in [0.717, 1.165) is 29.9 Å². The number of methoxy groups -OCH3 is 1. The second-order valence-corrected chi connectivity index (χ2v) is 6.03. The SMILES string of the molecule is COc1cccc(-c2cc(C(O)C3CCCCC3)c(C)o2)n1. The summed E-state index contributed by atoms with van der Waals surface area (Å²) in [4.78, 5) is 4.39. The zero-order chi connectivity index (χ0) is 15.5. The minimum atomic E-state index is -0.441. The fourth-order valence-corrected chi connectivity index (χ4v) is 3.29. The van der Waals surface area contributed by atoms with Gasteiger partial charge < -0.3 is 14.3 Å². The molecule has 4 nitrogen and oxygen atoms in total. The van der Waals surface area contributed by atoms with Gasteiger partial charge in [-0.25, -0.2) is 4.98 Å². The molecule has 0 amide bonds. The van der Waals surface area contributed by atoms with Crippen LogP contribution in [-0.2, 0) is 0 Å². The number of rotatable bonds is 4. The van der Waals surface area contributed by atoms with Gasteiger partial charge in [-0.3, -0.25) is 0 Å². The molecular weight excluding hydrogens is 278 g/mol. The molecule has 22 heavy (non-hydrogen) atoms. The summed E-state index contributed by atoms with van der Waals surface area (Å²) in [5.74, 6) is 2.36. The fourth-order valence-electron chi connectivity index (χ4n) is 3.29. The standard InChI is InChI=1S/C18H23NO3/c1-12-14(18(20)13-7-4-3-5-8-13)11-16(22-12)15-9-6-10-17(19-15)21-2/h6,9-11,13,18,20H,3-5,7-8H2,1-2H3. The normalized spacial score (nSPS) is 17.4. The minimum Gasteiger partial charge on any atom is -0.481 e. The van der Waals surface area contributed by atoms with Gasteiger partial charge in [-0.15, -0.1) is 0 Å². The van der Waals surface area contributed by atoms with E-state index >= 15 is 0 Å². The van der Waals surface area contributed by atoms with Crippen LogP contribution >= 0.6 is 0 Å². The molecule has 0 aliphatic heterocycles. The number of furan rings is 1. The van der Waals surface area contributed by atoms with Crippen molar-refractivity contribution in [3.8, 4) is 17.3 Å². The molecule has 0 radical (unpaired) electrons. The average molecular weight is 301 g/mol. The summed E-state index contributed by atoms with van der Waals surface area (Å²) in [7, 11) is 1.59. The molecule has 2 aromatic rings. The molecule has 0 bridgehead atoms. The van der Waals surface area contributed by atoms with E-state index in [0.29, 0.717) is 17.6 Å². The summed E-state index contributed by atoms with van der Waals surface area (Å²) < 4.78 is 11.0. The number of pyridine rings is 1. The van der Waals surface area contributed by atoms with Crippen LogP contribution < -0.4 is 4.74 Å². The molecule has 1 aliphatic carbocycles. The van der Waals surface area contributed by atoms with Gasteiger partial charge in [-0.1, -0.05) is 25.3 Å². The summed E-state index contributed by atoms with van der Waals surface area (Å²) in [6, 6.07) is 7.50. The highest BCUT2D eigenvalue weighted by Gasteiger charge is 2.26. The van der Waals surface area contributed by atoms with Crippen LogP contribution in [0.5, 0.6) is 5.88 Å². The first-order chi connectivity index (χ1) is 10.7. The van der Waals surface area contributed by atoms with Crippen LogP contribution in [0.3, 0.4) is 0 Å². The number of aliphatic hydroxyl groups excluding tert-OH is 1. The third-order valence-electron chi connectivity index (χ3n) is 4.56. The summed E-state index contributed by atoms with van der Waals surface area (Å²) in [5, 5.41) is 10.7. The Bertz CT molecular complexity index is 629. The highest BCUT2D eigenvalue weighted by atomic mass is 16.5. The van der Waals surface area contributed by atoms with E-state index in [1.807, 2.05) is 25.1 Å². The maximum atomic E-state index is 10.7. The Balaban J connectivity index is 1.86. The van der Waals surface area contributed by atoms with E-state index in [1.165, 1.54) is 19.3 Å². The van der Waals surface area contributed by atoms with Gasteiger partial charge in [-0.2, -0.15) is 0 Å². The van der Waals surface area contributed by atoms with Crippen molar-refractivity contribution in [3.63, 3.8) is 0 Å². The molecule has 0 spiro atoms. The highest BCUT2D eigenvalue weighted by molar-refractivity contribution is 5.55. The fraction of sp³-hybridized carbons (Fsp3) is 0.500. The van der Waals surface area contributed by atoms with Crippen LogP contribution in [0.4, 0.5) is 0 Å². The van der Waals surface area contributed by atoms with Crippen LogP contribution in [0.25, 0.3) is 11.5 Å². The van der Waals surface area contributed by atoms with Gasteiger partial charge in [0, 0.05) is 11.6 Å². The quantitative estimate of drug-likeness (QED) is 0.916. The predicted octanol–water partition coefficient (Wildman–Crippen LogP) is 4.27. The van der Waals surface area contributed by atoms with Gasteiger partial charge in [0.2, 0.25) is 5.88 Å². The number of aliphatic hydroxyl groups is 1. The van der Waals surface area contributed by atoms with Gasteiger partial charge in [0.05, 0.1) is 13.2 Å². The van der Waals surface area contributed by atoms with Gasteiger partial charge in [0.15, 0.2) is 5.76 Å². The van der Waals surface area contributed by atoms with Crippen LogP contribution in [0.15, 0.2) is 28.7 Å². The third kappa shape index (κ3) is 3.02. The van der Waals surface area contributed by atoms with Gasteiger partial charge in [0.1, 0.15) is 11.5 Å². The van der Waals surface area contributed by atoms with Crippen molar-refractivity contribution in [2.75, 3.05) is 7.11 Å². The topological polar surface area (TPSA) is 55.5 Å². The Morgan fingerprint density at radius 1 is 1.27 bits per heavy atom. The molecule has 3 rings (SSSR count). The van der Waals surface area contributed by atoms with E-state index in [9.17, 15) is 5.11 Å². The predicted molar refractivity (Wildman–Crippen MR) is 84.8 cm³/mol. The smallest absolute Gasteiger partial charge is 0.213 e. The van der Waals surface area contributed by atoms with Crippen molar-refractivity contribution in [2.45, 2.75) is 45.1 Å². The average Bonchev–Trinajstić information content (AvgIpc) is 2.97. The first-order valence-corrected chi connectivity index (χ1v) is 7.99. The zero-order valence-electron chi connectivity index (χ0n) is 13.2. The van der Waals surface area contributed by atoms with Crippen LogP contribution in [-0.4, -0.2) is 17.2 Å². The number of hydrogen-bond donors (Lipinski definition) is 1. The molecule has 2 heterocycles. The molecule has 1 saturated carbocycles. The van der Waals surface area contributed by atoms with Crippen LogP contribution in [0.1, 0.15) is 49.5 Å². The van der Waals surface area contributed by atoms with E-state index in [-0.39, 0.29) is 0 Å². The first-order valence-electron chi connectivity index (χ1n) is 7.99. The van der Waals surface area contributed by atoms with Crippen molar-refractivity contribution in [1.82, 2.24) is 4.98 Å². The first kappa shape index (κ1) is 15.1. The Morgan fingerprint density at radius 2 is 2.05 bits per heavy atom. The molecule has 0 aromatic carbocycles. The Kier molecular flexibility index (Phi) is 4.48. The minimum absolute atomic E-state index is 0.344. The molecule has 1 N–H and O–H groups in total. The van der Waals surface area contributed by atoms with Gasteiger partial charge in [0.25, 0.3) is 0 Å². The molecule has 4 heteroatoms. The summed E-state index contributed by atoms with van der Waals surface area (Å²) in [6.45, 7) is 1.91. The highest BCUT2D eigenvalue weighted by Crippen LogP contribution is 2.38. The summed E-state index contributed by atoms with van der Waals surface area (Å²) >= 11 is 0. The second-order valence-electron chi connectivity index (χ2n) is 6.03. The lowest BCUT2D eigenvalue weighted by molar-refractivity contribution is 0.0835. The maximum Gasteiger partial charge on any atom is 0.213 e. The third-order valence-corrected chi connectivity index (χ3v) is 4.56. The lowest BCUT2D eigenvalue weighted by Crippen LogP contribution is -2.16. The molecule has 0 saturated heterocycles. The Morgan fingerprint density at radius 3 is 2.77 bits per heavy atom. The zero-order valence-corrected chi connectivity index (χ0v) is 13.2. The molecule has 1 fully saturated rings. The molecule has 1 aliphatic rings. The Hall–Kier alpha value is -1.81. The van der Waals surface area contributed by atoms with Crippen LogP contribution in [0, 0.1) is 12.8 Å². The van der Waals surface area contributed by atoms with E-state index in [2.05, 4.69) is 4.98 Å². The van der Waals surface area contributed by atoms with Crippen molar-refractivity contribution in [2.24, 2.45) is 5.92 Å². The number of nitrogens with zero attached hydrogens (tertiary/aromatic N) is 1. The van der Waals surface area contributed by atoms with Gasteiger partial charge >= 0.3 is 0 Å². The molecule has 1 atom stereocenters.